The van der Waals surface area contributed by atoms with Crippen molar-refractivity contribution in [3.63, 3.8) is 0 Å². The molecule has 0 unspecified atom stereocenters. The number of esters is 1. The van der Waals surface area contributed by atoms with E-state index in [0.29, 0.717) is 29.0 Å². The number of carbonyl (C=O) groups is 2. The van der Waals surface area contributed by atoms with Crippen molar-refractivity contribution in [3.8, 4) is 16.5 Å². The number of carbonyl (C=O) groups excluding carboxylic acids is 2. The standard InChI is InChI=1S/C29H34Cl2N6O3S2/c30-20-15-23(41-17-20)24-27(37-12-10-36(11-13-37)21-4-2-1-3-5-21)42-29(34-24)35-25(38)19-14-22(31)26(33-16-19)40-28(39)18-6-8-32-9-7-18/h14-18,21,32H,1-13H2,(H,34,35,38). The van der Waals surface area contributed by atoms with Gasteiger partial charge in [0.2, 0.25) is 5.88 Å². The van der Waals surface area contributed by atoms with E-state index in [-0.39, 0.29) is 34.3 Å². The number of aromatic nitrogens is 2. The molecule has 1 aliphatic carbocycles. The quantitative estimate of drug-likeness (QED) is 0.293. The van der Waals surface area contributed by atoms with Gasteiger partial charge in [-0.05, 0) is 50.9 Å². The molecule has 2 aliphatic heterocycles. The lowest BCUT2D eigenvalue weighted by atomic mass is 9.94. The fourth-order valence-electron chi connectivity index (χ4n) is 5.94. The molecule has 0 atom stereocenters. The van der Waals surface area contributed by atoms with Gasteiger partial charge >= 0.3 is 5.97 Å². The van der Waals surface area contributed by atoms with Crippen molar-refractivity contribution in [1.29, 1.82) is 0 Å². The summed E-state index contributed by atoms with van der Waals surface area (Å²) in [7, 11) is 0. The lowest BCUT2D eigenvalue weighted by molar-refractivity contribution is -0.140. The molecule has 0 bridgehead atoms. The van der Waals surface area contributed by atoms with Crippen LogP contribution < -0.4 is 20.3 Å². The van der Waals surface area contributed by atoms with Crippen LogP contribution in [0.1, 0.15) is 55.3 Å². The van der Waals surface area contributed by atoms with Crippen LogP contribution in [0.3, 0.4) is 0 Å². The Morgan fingerprint density at radius 2 is 1.79 bits per heavy atom. The Morgan fingerprint density at radius 1 is 1.02 bits per heavy atom. The topological polar surface area (TPSA) is 99.7 Å². The van der Waals surface area contributed by atoms with Crippen LogP contribution in [-0.4, -0.2) is 72.1 Å². The smallest absolute Gasteiger partial charge is 0.315 e. The van der Waals surface area contributed by atoms with Gasteiger partial charge in [-0.1, -0.05) is 53.8 Å². The zero-order valence-electron chi connectivity index (χ0n) is 23.2. The number of anilines is 2. The summed E-state index contributed by atoms with van der Waals surface area (Å²) in [6, 6.07) is 4.09. The van der Waals surface area contributed by atoms with Gasteiger partial charge in [0.1, 0.15) is 15.7 Å². The van der Waals surface area contributed by atoms with Crippen LogP contribution in [0.5, 0.6) is 5.88 Å². The molecule has 3 aromatic rings. The molecule has 0 radical (unpaired) electrons. The Hall–Kier alpha value is -2.28. The maximum atomic E-state index is 13.2. The van der Waals surface area contributed by atoms with Crippen LogP contribution in [0.25, 0.3) is 10.6 Å². The Bertz CT molecular complexity index is 1410. The van der Waals surface area contributed by atoms with E-state index in [1.165, 1.54) is 55.7 Å². The van der Waals surface area contributed by atoms with Gasteiger partial charge in [-0.2, -0.15) is 0 Å². The maximum Gasteiger partial charge on any atom is 0.315 e. The Labute approximate surface area is 263 Å². The third-order valence-corrected chi connectivity index (χ3v) is 10.8. The Balaban J connectivity index is 1.15. The minimum atomic E-state index is -0.390. The zero-order valence-corrected chi connectivity index (χ0v) is 26.4. The van der Waals surface area contributed by atoms with Crippen LogP contribution in [0.2, 0.25) is 10.0 Å². The number of ether oxygens (including phenoxy) is 1. The van der Waals surface area contributed by atoms with Crippen LogP contribution in [0.15, 0.2) is 23.7 Å². The van der Waals surface area contributed by atoms with Crippen LogP contribution in [0.4, 0.5) is 10.1 Å². The minimum Gasteiger partial charge on any atom is -0.406 e. The van der Waals surface area contributed by atoms with Gasteiger partial charge in [0, 0.05) is 43.8 Å². The summed E-state index contributed by atoms with van der Waals surface area (Å²) in [5, 5.41) is 10.3. The predicted molar refractivity (Wildman–Crippen MR) is 170 cm³/mol. The van der Waals surface area contributed by atoms with Crippen molar-refractivity contribution < 1.29 is 14.3 Å². The molecule has 1 amide bonds. The number of piperazine rings is 1. The Morgan fingerprint density at radius 3 is 2.48 bits per heavy atom. The van der Waals surface area contributed by atoms with E-state index in [1.807, 2.05) is 11.4 Å². The fourth-order valence-corrected chi connectivity index (χ4v) is 8.31. The number of nitrogens with one attached hydrogen (secondary N) is 2. The van der Waals surface area contributed by atoms with Gasteiger partial charge in [-0.15, -0.1) is 11.3 Å². The monoisotopic (exact) mass is 648 g/mol. The van der Waals surface area contributed by atoms with Crippen molar-refractivity contribution in [2.75, 3.05) is 49.5 Å². The first-order valence-electron chi connectivity index (χ1n) is 14.6. The number of hydrogen-bond acceptors (Lipinski definition) is 10. The zero-order chi connectivity index (χ0) is 29.1. The predicted octanol–water partition coefficient (Wildman–Crippen LogP) is 6.19. The summed E-state index contributed by atoms with van der Waals surface area (Å²) in [5.41, 5.74) is 1.08. The molecule has 0 spiro atoms. The first-order valence-corrected chi connectivity index (χ1v) is 17.0. The van der Waals surface area contributed by atoms with Crippen molar-refractivity contribution in [1.82, 2.24) is 20.2 Å². The lowest BCUT2D eigenvalue weighted by Crippen LogP contribution is -2.50. The number of rotatable bonds is 7. The summed E-state index contributed by atoms with van der Waals surface area (Å²) in [6.07, 6.45) is 9.41. The molecule has 1 saturated carbocycles. The molecule has 2 N–H and O–H groups in total. The second-order valence-electron chi connectivity index (χ2n) is 11.0. The molecule has 3 aromatic heterocycles. The highest BCUT2D eigenvalue weighted by Crippen LogP contribution is 2.42. The largest absolute Gasteiger partial charge is 0.406 e. The van der Waals surface area contributed by atoms with E-state index >= 15 is 0 Å². The van der Waals surface area contributed by atoms with Gasteiger partial charge in [0.15, 0.2) is 5.13 Å². The minimum absolute atomic E-state index is 0.0116. The number of piperidine rings is 1. The molecule has 0 aromatic carbocycles. The van der Waals surface area contributed by atoms with Gasteiger partial charge in [-0.3, -0.25) is 19.8 Å². The van der Waals surface area contributed by atoms with E-state index in [9.17, 15) is 9.59 Å². The van der Waals surface area contributed by atoms with E-state index in [4.69, 9.17) is 32.9 Å². The summed E-state index contributed by atoms with van der Waals surface area (Å²) in [6.45, 7) is 5.42. The maximum absolute atomic E-state index is 13.2. The molecule has 13 heteroatoms. The van der Waals surface area contributed by atoms with E-state index in [0.717, 1.165) is 54.8 Å². The highest BCUT2D eigenvalue weighted by Gasteiger charge is 2.29. The lowest BCUT2D eigenvalue weighted by Gasteiger charge is -2.41. The van der Waals surface area contributed by atoms with Gasteiger partial charge < -0.3 is 15.0 Å². The summed E-state index contributed by atoms with van der Waals surface area (Å²) in [5.74, 6) is -0.913. The summed E-state index contributed by atoms with van der Waals surface area (Å²) in [4.78, 5) is 40.7. The number of thiophene rings is 1. The summed E-state index contributed by atoms with van der Waals surface area (Å²) >= 11 is 15.6. The number of amides is 1. The number of thiazole rings is 1. The molecule has 3 fully saturated rings. The molecule has 5 heterocycles. The molecule has 6 rings (SSSR count). The second-order valence-corrected chi connectivity index (χ2v) is 13.8. The second kappa shape index (κ2) is 13.6. The van der Waals surface area contributed by atoms with Gasteiger partial charge in [-0.25, -0.2) is 9.97 Å². The molecule has 2 saturated heterocycles. The molecule has 224 valence electrons. The third-order valence-electron chi connectivity index (χ3n) is 8.26. The Kier molecular flexibility index (Phi) is 9.62. The highest BCUT2D eigenvalue weighted by molar-refractivity contribution is 7.21. The van der Waals surface area contributed by atoms with Crippen LogP contribution >= 0.6 is 45.9 Å². The van der Waals surface area contributed by atoms with Gasteiger partial charge in [0.25, 0.3) is 5.91 Å². The fraction of sp³-hybridized carbons (Fsp3) is 0.517. The number of halogens is 2. The normalized spacial score (nSPS) is 19.1. The highest BCUT2D eigenvalue weighted by atomic mass is 35.5. The molecular weight excluding hydrogens is 615 g/mol. The average Bonchev–Trinajstić information content (AvgIpc) is 3.65. The first-order chi connectivity index (χ1) is 20.4. The average molecular weight is 650 g/mol. The van der Waals surface area contributed by atoms with Crippen molar-refractivity contribution >= 4 is 67.9 Å². The van der Waals surface area contributed by atoms with Crippen LogP contribution in [-0.2, 0) is 4.79 Å². The summed E-state index contributed by atoms with van der Waals surface area (Å²) < 4.78 is 5.45. The first kappa shape index (κ1) is 29.8. The molecule has 42 heavy (non-hydrogen) atoms. The molecule has 3 aliphatic rings. The number of hydrogen-bond donors (Lipinski definition) is 2. The number of nitrogens with zero attached hydrogens (tertiary/aromatic N) is 4. The third kappa shape index (κ3) is 6.92. The van der Waals surface area contributed by atoms with Gasteiger partial charge in [0.05, 0.1) is 21.4 Å². The van der Waals surface area contributed by atoms with Crippen LogP contribution in [0, 0.1) is 5.92 Å². The SMILES string of the molecule is O=C(Nc1nc(-c2cc(Cl)cs2)c(N2CCN(C3CCCCC3)CC2)s1)c1cnc(OC(=O)C2CCNCC2)c(Cl)c1. The van der Waals surface area contributed by atoms with Crippen molar-refractivity contribution in [3.05, 3.63) is 39.3 Å². The molecular formula is C29H34Cl2N6O3S2. The number of pyridine rings is 1. The van der Waals surface area contributed by atoms with E-state index < -0.39 is 0 Å². The van der Waals surface area contributed by atoms with E-state index in [2.05, 4.69) is 25.4 Å². The van der Waals surface area contributed by atoms with Crippen molar-refractivity contribution in [2.45, 2.75) is 51.0 Å². The van der Waals surface area contributed by atoms with E-state index in [1.54, 1.807) is 11.3 Å². The van der Waals surface area contributed by atoms with Crippen molar-refractivity contribution in [2.24, 2.45) is 5.92 Å². The molecule has 9 nitrogen and oxygen atoms in total.